The number of hydrogen-bond acceptors (Lipinski definition) is 0. The molecule has 0 saturated carbocycles. The Morgan fingerprint density at radius 2 is 0.407 bits per heavy atom. The maximum atomic E-state index is 2.36. The highest BCUT2D eigenvalue weighted by Crippen LogP contribution is 2.38. The second kappa shape index (κ2) is 13.7. The van der Waals surface area contributed by atoms with Gasteiger partial charge >= 0.3 is 0 Å². The fraction of sp³-hybridized carbons (Fsp3) is 0.0370. The van der Waals surface area contributed by atoms with Gasteiger partial charge in [0, 0.05) is 11.8 Å². The summed E-state index contributed by atoms with van der Waals surface area (Å²) in [4.78, 5) is 0. The molecule has 10 aromatic carbocycles. The van der Waals surface area contributed by atoms with Crippen molar-refractivity contribution in [1.29, 1.82) is 0 Å². The van der Waals surface area contributed by atoms with Gasteiger partial charge in [-0.05, 0) is 87.6 Å². The molecule has 0 bridgehead atoms. The molecule has 0 spiro atoms. The summed E-state index contributed by atoms with van der Waals surface area (Å²) in [5.41, 5.74) is 10.2. The van der Waals surface area contributed by atoms with Gasteiger partial charge in [-0.25, -0.2) is 0 Å². The van der Waals surface area contributed by atoms with Crippen LogP contribution in [0.25, 0.3) is 54.2 Å². The largest absolute Gasteiger partial charge is 0.0616 e. The SMILES string of the molecule is c1ccc2cc(C(c3ccc(-c4ccc(C(c5ccc6ccccc6c5)c5ccc6ccccc6c5)cc4)cc3)c3ccc4ccccc4c3)ccc2c1. The Hall–Kier alpha value is -6.76. The number of rotatable bonds is 7. The highest BCUT2D eigenvalue weighted by atomic mass is 14.2. The third-order valence-corrected chi connectivity index (χ3v) is 11.2. The Morgan fingerprint density at radius 1 is 0.185 bits per heavy atom. The van der Waals surface area contributed by atoms with Crippen LogP contribution in [0.15, 0.2) is 218 Å². The second-order valence-electron chi connectivity index (χ2n) is 14.5. The lowest BCUT2D eigenvalue weighted by Crippen LogP contribution is -2.04. The zero-order valence-corrected chi connectivity index (χ0v) is 29.9. The van der Waals surface area contributed by atoms with Crippen LogP contribution < -0.4 is 0 Å². The molecule has 0 unspecified atom stereocenters. The van der Waals surface area contributed by atoms with Gasteiger partial charge in [-0.2, -0.15) is 0 Å². The van der Waals surface area contributed by atoms with Crippen molar-refractivity contribution >= 4 is 43.1 Å². The molecule has 0 aliphatic rings. The molecule has 0 fully saturated rings. The van der Waals surface area contributed by atoms with E-state index in [0.29, 0.717) is 0 Å². The molecule has 0 heteroatoms. The van der Waals surface area contributed by atoms with Crippen molar-refractivity contribution in [2.24, 2.45) is 0 Å². The van der Waals surface area contributed by atoms with Crippen LogP contribution in [0.1, 0.15) is 45.2 Å². The quantitative estimate of drug-likeness (QED) is 0.146. The predicted molar refractivity (Wildman–Crippen MR) is 230 cm³/mol. The molecule has 0 nitrogen and oxygen atoms in total. The Bertz CT molecular complexity index is 2570. The smallest absolute Gasteiger partial charge is 0.0340 e. The molecule has 0 atom stereocenters. The lowest BCUT2D eigenvalue weighted by Gasteiger charge is -2.21. The third-order valence-electron chi connectivity index (χ3n) is 11.2. The van der Waals surface area contributed by atoms with Crippen LogP contribution in [0.2, 0.25) is 0 Å². The molecule has 0 heterocycles. The van der Waals surface area contributed by atoms with Gasteiger partial charge in [0.1, 0.15) is 0 Å². The Balaban J connectivity index is 1.02. The van der Waals surface area contributed by atoms with Gasteiger partial charge < -0.3 is 0 Å². The van der Waals surface area contributed by atoms with Gasteiger partial charge in [-0.1, -0.05) is 218 Å². The highest BCUT2D eigenvalue weighted by Gasteiger charge is 2.20. The minimum Gasteiger partial charge on any atom is -0.0616 e. The number of hydrogen-bond donors (Lipinski definition) is 0. The molecular weight excluding hydrogens is 649 g/mol. The van der Waals surface area contributed by atoms with Gasteiger partial charge in [-0.15, -0.1) is 0 Å². The van der Waals surface area contributed by atoms with Crippen molar-refractivity contribution in [3.63, 3.8) is 0 Å². The van der Waals surface area contributed by atoms with Crippen molar-refractivity contribution in [3.8, 4) is 11.1 Å². The first-order valence-corrected chi connectivity index (χ1v) is 18.9. The monoisotopic (exact) mass is 686 g/mol. The summed E-state index contributed by atoms with van der Waals surface area (Å²) in [7, 11) is 0. The van der Waals surface area contributed by atoms with Crippen molar-refractivity contribution in [2.45, 2.75) is 11.8 Å². The summed E-state index contributed by atoms with van der Waals surface area (Å²) in [6.45, 7) is 0. The first kappa shape index (κ1) is 31.9. The van der Waals surface area contributed by atoms with E-state index in [0.717, 1.165) is 0 Å². The molecule has 0 aromatic heterocycles. The molecule has 0 amide bonds. The molecule has 10 aromatic rings. The summed E-state index contributed by atoms with van der Waals surface area (Å²) < 4.78 is 0. The predicted octanol–water partition coefficient (Wildman–Crippen LogP) is 14.3. The highest BCUT2D eigenvalue weighted by molar-refractivity contribution is 5.87. The van der Waals surface area contributed by atoms with E-state index in [-0.39, 0.29) is 11.8 Å². The number of benzene rings is 10. The molecule has 54 heavy (non-hydrogen) atoms. The second-order valence-corrected chi connectivity index (χ2v) is 14.5. The summed E-state index contributed by atoms with van der Waals surface area (Å²) in [5.74, 6) is 0.223. The zero-order chi connectivity index (χ0) is 35.8. The zero-order valence-electron chi connectivity index (χ0n) is 29.9. The van der Waals surface area contributed by atoms with Crippen LogP contribution in [0.5, 0.6) is 0 Å². The van der Waals surface area contributed by atoms with E-state index < -0.39 is 0 Å². The van der Waals surface area contributed by atoms with Crippen LogP contribution in [0.4, 0.5) is 0 Å². The first-order valence-electron chi connectivity index (χ1n) is 18.9. The van der Waals surface area contributed by atoms with E-state index in [1.165, 1.54) is 87.6 Å². The average Bonchev–Trinajstić information content (AvgIpc) is 3.24. The van der Waals surface area contributed by atoms with Crippen LogP contribution in [0, 0.1) is 0 Å². The minimum atomic E-state index is 0.111. The van der Waals surface area contributed by atoms with Gasteiger partial charge in [0.25, 0.3) is 0 Å². The lowest BCUT2D eigenvalue weighted by molar-refractivity contribution is 0.982. The van der Waals surface area contributed by atoms with Crippen molar-refractivity contribution in [1.82, 2.24) is 0 Å². The van der Waals surface area contributed by atoms with E-state index in [1.807, 2.05) is 0 Å². The van der Waals surface area contributed by atoms with Crippen LogP contribution in [-0.4, -0.2) is 0 Å². The van der Waals surface area contributed by atoms with Gasteiger partial charge in [-0.3, -0.25) is 0 Å². The fourth-order valence-corrected chi connectivity index (χ4v) is 8.44. The summed E-state index contributed by atoms with van der Waals surface area (Å²) in [6, 6.07) is 80.8. The molecule has 0 radical (unpaired) electrons. The summed E-state index contributed by atoms with van der Waals surface area (Å²) >= 11 is 0. The molecule has 0 aliphatic carbocycles. The van der Waals surface area contributed by atoms with Crippen LogP contribution >= 0.6 is 0 Å². The fourth-order valence-electron chi connectivity index (χ4n) is 8.44. The first-order chi connectivity index (χ1) is 26.7. The topological polar surface area (TPSA) is 0 Å². The molecule has 0 aliphatic heterocycles. The molecule has 254 valence electrons. The van der Waals surface area contributed by atoms with Crippen LogP contribution in [0.3, 0.4) is 0 Å². The van der Waals surface area contributed by atoms with Crippen molar-refractivity contribution < 1.29 is 0 Å². The maximum absolute atomic E-state index is 2.36. The Morgan fingerprint density at radius 3 is 0.667 bits per heavy atom. The Labute approximate surface area is 316 Å². The molecule has 0 N–H and O–H groups in total. The Kier molecular flexibility index (Phi) is 8.08. The molecule has 0 saturated heterocycles. The normalized spacial score (nSPS) is 11.7. The van der Waals surface area contributed by atoms with E-state index in [9.17, 15) is 0 Å². The summed E-state index contributed by atoms with van der Waals surface area (Å²) in [5, 5.41) is 10.1. The van der Waals surface area contributed by atoms with Gasteiger partial charge in [0.05, 0.1) is 0 Å². The molecule has 10 rings (SSSR count). The van der Waals surface area contributed by atoms with E-state index in [1.54, 1.807) is 0 Å². The lowest BCUT2D eigenvalue weighted by atomic mass is 9.82. The van der Waals surface area contributed by atoms with Crippen molar-refractivity contribution in [2.75, 3.05) is 0 Å². The third kappa shape index (κ3) is 6.02. The van der Waals surface area contributed by atoms with Gasteiger partial charge in [0.2, 0.25) is 0 Å². The standard InChI is InChI=1S/C54H38/c1-5-13-45-33-49(29-21-37(45)9-1)53(50-30-22-38-10-2-6-14-46(38)34-50)43-25-17-41(18-26-43)42-19-27-44(28-20-42)54(51-31-23-39-11-3-7-15-47(39)35-51)52-32-24-40-12-4-8-16-48(40)36-52/h1-36,53-54H. The minimum absolute atomic E-state index is 0.111. The van der Waals surface area contributed by atoms with Crippen LogP contribution in [-0.2, 0) is 0 Å². The van der Waals surface area contributed by atoms with E-state index >= 15 is 0 Å². The van der Waals surface area contributed by atoms with E-state index in [2.05, 4.69) is 218 Å². The average molecular weight is 687 g/mol. The van der Waals surface area contributed by atoms with E-state index in [4.69, 9.17) is 0 Å². The number of fused-ring (bicyclic) bond motifs is 4. The van der Waals surface area contributed by atoms with Crippen molar-refractivity contribution in [3.05, 3.63) is 252 Å². The summed E-state index contributed by atoms with van der Waals surface area (Å²) in [6.07, 6.45) is 0. The molecular formula is C54H38. The maximum Gasteiger partial charge on any atom is 0.0340 e. The van der Waals surface area contributed by atoms with Gasteiger partial charge in [0.15, 0.2) is 0 Å².